The Bertz CT molecular complexity index is 257. The number of esters is 1. The second kappa shape index (κ2) is 9.09. The summed E-state index contributed by atoms with van der Waals surface area (Å²) in [6.07, 6.45) is 5.71. The zero-order chi connectivity index (χ0) is 13.2. The Kier molecular flexibility index (Phi) is 7.65. The van der Waals surface area contributed by atoms with Gasteiger partial charge >= 0.3 is 5.97 Å². The molecule has 1 aliphatic rings. The van der Waals surface area contributed by atoms with Gasteiger partial charge in [0, 0.05) is 19.1 Å². The van der Waals surface area contributed by atoms with Gasteiger partial charge in [-0.3, -0.25) is 9.59 Å². The van der Waals surface area contributed by atoms with E-state index in [1.54, 1.807) is 0 Å². The van der Waals surface area contributed by atoms with Crippen LogP contribution in [0.4, 0.5) is 0 Å². The van der Waals surface area contributed by atoms with Crippen LogP contribution in [0.5, 0.6) is 0 Å². The number of Topliss-reactive ketones (excluding diaryl/α,β-unsaturated/α-hetero) is 1. The van der Waals surface area contributed by atoms with Gasteiger partial charge in [-0.05, 0) is 19.3 Å². The predicted molar refractivity (Wildman–Crippen MR) is 68.3 cm³/mol. The molecular weight excluding hydrogens is 232 g/mol. The smallest absolute Gasteiger partial charge is 0.313 e. The van der Waals surface area contributed by atoms with Crippen LogP contribution in [-0.4, -0.2) is 31.6 Å². The van der Waals surface area contributed by atoms with Crippen LogP contribution < -0.4 is 0 Å². The molecule has 18 heavy (non-hydrogen) atoms. The Balaban J connectivity index is 2.09. The zero-order valence-electron chi connectivity index (χ0n) is 11.3. The number of carbonyl (C=O) groups is 2. The molecule has 1 heterocycles. The standard InChI is InChI=1S/C14H24O4/c1-2-3-4-5-8-18-14(16)11-13(15)12-6-9-17-10-7-12/h12H,2-11H2,1H3. The molecule has 4 heteroatoms. The maximum atomic E-state index is 11.8. The van der Waals surface area contributed by atoms with Crippen LogP contribution in [0.2, 0.25) is 0 Å². The average molecular weight is 256 g/mol. The van der Waals surface area contributed by atoms with E-state index in [9.17, 15) is 9.59 Å². The molecule has 0 saturated carbocycles. The quantitative estimate of drug-likeness (QED) is 0.380. The van der Waals surface area contributed by atoms with Crippen molar-refractivity contribution >= 4 is 11.8 Å². The van der Waals surface area contributed by atoms with Crippen LogP contribution in [0.3, 0.4) is 0 Å². The third-order valence-electron chi connectivity index (χ3n) is 3.26. The largest absolute Gasteiger partial charge is 0.465 e. The summed E-state index contributed by atoms with van der Waals surface area (Å²) in [5.74, 6) is -0.369. The first-order valence-corrected chi connectivity index (χ1v) is 7.00. The van der Waals surface area contributed by atoms with Crippen molar-refractivity contribution in [2.24, 2.45) is 5.92 Å². The van der Waals surface area contributed by atoms with E-state index in [4.69, 9.17) is 9.47 Å². The molecule has 0 aliphatic carbocycles. The van der Waals surface area contributed by atoms with Crippen molar-refractivity contribution in [1.29, 1.82) is 0 Å². The minimum Gasteiger partial charge on any atom is -0.465 e. The second-order valence-corrected chi connectivity index (χ2v) is 4.81. The van der Waals surface area contributed by atoms with Gasteiger partial charge < -0.3 is 9.47 Å². The first-order valence-electron chi connectivity index (χ1n) is 7.00. The highest BCUT2D eigenvalue weighted by atomic mass is 16.5. The van der Waals surface area contributed by atoms with Gasteiger partial charge in [0.25, 0.3) is 0 Å². The fraction of sp³-hybridized carbons (Fsp3) is 0.857. The number of hydrogen-bond donors (Lipinski definition) is 0. The fourth-order valence-corrected chi connectivity index (χ4v) is 2.07. The SMILES string of the molecule is CCCCCCOC(=O)CC(=O)C1CCOCC1. The summed E-state index contributed by atoms with van der Waals surface area (Å²) < 4.78 is 10.2. The molecule has 0 aromatic rings. The predicted octanol–water partition coefficient (Wildman–Crippen LogP) is 2.50. The molecule has 104 valence electrons. The summed E-state index contributed by atoms with van der Waals surface area (Å²) in [6, 6.07) is 0. The van der Waals surface area contributed by atoms with Gasteiger partial charge in [0.05, 0.1) is 6.61 Å². The van der Waals surface area contributed by atoms with Crippen LogP contribution in [-0.2, 0) is 19.1 Å². The molecule has 0 bridgehead atoms. The highest BCUT2D eigenvalue weighted by molar-refractivity contribution is 5.96. The molecule has 0 amide bonds. The summed E-state index contributed by atoms with van der Waals surface area (Å²) in [5.41, 5.74) is 0. The molecule has 4 nitrogen and oxygen atoms in total. The van der Waals surface area contributed by atoms with Crippen LogP contribution in [0, 0.1) is 5.92 Å². The van der Waals surface area contributed by atoms with Gasteiger partial charge in [-0.1, -0.05) is 26.2 Å². The lowest BCUT2D eigenvalue weighted by atomic mass is 9.94. The zero-order valence-corrected chi connectivity index (χ0v) is 11.3. The summed E-state index contributed by atoms with van der Waals surface area (Å²) in [7, 11) is 0. The maximum absolute atomic E-state index is 11.8. The molecule has 0 N–H and O–H groups in total. The summed E-state index contributed by atoms with van der Waals surface area (Å²) in [5, 5.41) is 0. The molecule has 1 rings (SSSR count). The lowest BCUT2D eigenvalue weighted by molar-refractivity contribution is -0.147. The summed E-state index contributed by atoms with van der Waals surface area (Å²) in [4.78, 5) is 23.2. The van der Waals surface area contributed by atoms with E-state index in [-0.39, 0.29) is 24.1 Å². The third-order valence-corrected chi connectivity index (χ3v) is 3.26. The first-order chi connectivity index (χ1) is 8.74. The molecule has 0 unspecified atom stereocenters. The second-order valence-electron chi connectivity index (χ2n) is 4.81. The molecule has 1 saturated heterocycles. The Morgan fingerprint density at radius 2 is 1.89 bits per heavy atom. The van der Waals surface area contributed by atoms with Crippen molar-refractivity contribution in [3.63, 3.8) is 0 Å². The van der Waals surface area contributed by atoms with Gasteiger partial charge in [0.1, 0.15) is 12.2 Å². The number of rotatable bonds is 8. The molecule has 0 aromatic carbocycles. The van der Waals surface area contributed by atoms with Crippen molar-refractivity contribution in [2.45, 2.75) is 51.9 Å². The minimum atomic E-state index is -0.372. The van der Waals surface area contributed by atoms with Crippen molar-refractivity contribution < 1.29 is 19.1 Å². The number of hydrogen-bond acceptors (Lipinski definition) is 4. The summed E-state index contributed by atoms with van der Waals surface area (Å²) >= 11 is 0. The van der Waals surface area contributed by atoms with E-state index in [1.807, 2.05) is 0 Å². The van der Waals surface area contributed by atoms with Gasteiger partial charge in [0.15, 0.2) is 0 Å². The van der Waals surface area contributed by atoms with E-state index in [0.29, 0.717) is 19.8 Å². The molecule has 0 atom stereocenters. The number of ketones is 1. The highest BCUT2D eigenvalue weighted by Crippen LogP contribution is 2.17. The Hall–Kier alpha value is -0.900. The average Bonchev–Trinajstić information content (AvgIpc) is 2.39. The Morgan fingerprint density at radius 1 is 1.17 bits per heavy atom. The van der Waals surface area contributed by atoms with Gasteiger partial charge in [0.2, 0.25) is 0 Å². The lowest BCUT2D eigenvalue weighted by Crippen LogP contribution is -2.25. The molecule has 0 spiro atoms. The molecular formula is C14H24O4. The Labute approximate surface area is 109 Å². The van der Waals surface area contributed by atoms with E-state index in [2.05, 4.69) is 6.92 Å². The van der Waals surface area contributed by atoms with Crippen molar-refractivity contribution in [1.82, 2.24) is 0 Å². The van der Waals surface area contributed by atoms with Crippen molar-refractivity contribution in [3.05, 3.63) is 0 Å². The maximum Gasteiger partial charge on any atom is 0.313 e. The van der Waals surface area contributed by atoms with Crippen LogP contribution in [0.25, 0.3) is 0 Å². The normalized spacial score (nSPS) is 16.5. The van der Waals surface area contributed by atoms with Crippen LogP contribution in [0.15, 0.2) is 0 Å². The minimum absolute atomic E-state index is 0.00797. The fourth-order valence-electron chi connectivity index (χ4n) is 2.07. The number of carbonyl (C=O) groups excluding carboxylic acids is 2. The summed E-state index contributed by atoms with van der Waals surface area (Å²) in [6.45, 7) is 3.84. The van der Waals surface area contributed by atoms with Crippen molar-refractivity contribution in [2.75, 3.05) is 19.8 Å². The number of ether oxygens (including phenoxy) is 2. The van der Waals surface area contributed by atoms with E-state index < -0.39 is 0 Å². The van der Waals surface area contributed by atoms with E-state index >= 15 is 0 Å². The van der Waals surface area contributed by atoms with Crippen LogP contribution in [0.1, 0.15) is 51.9 Å². The van der Waals surface area contributed by atoms with Gasteiger partial charge in [-0.25, -0.2) is 0 Å². The highest BCUT2D eigenvalue weighted by Gasteiger charge is 2.23. The van der Waals surface area contributed by atoms with Gasteiger partial charge in [-0.2, -0.15) is 0 Å². The van der Waals surface area contributed by atoms with Crippen LogP contribution >= 0.6 is 0 Å². The first kappa shape index (κ1) is 15.2. The molecule has 1 aliphatic heterocycles. The molecule has 0 radical (unpaired) electrons. The van der Waals surface area contributed by atoms with Crippen molar-refractivity contribution in [3.8, 4) is 0 Å². The number of unbranched alkanes of at least 4 members (excludes halogenated alkanes) is 3. The topological polar surface area (TPSA) is 52.6 Å². The monoisotopic (exact) mass is 256 g/mol. The Morgan fingerprint density at radius 3 is 2.56 bits per heavy atom. The molecule has 0 aromatic heterocycles. The van der Waals surface area contributed by atoms with E-state index in [0.717, 1.165) is 32.1 Å². The molecule has 1 fully saturated rings. The van der Waals surface area contributed by atoms with E-state index in [1.165, 1.54) is 6.42 Å². The lowest BCUT2D eigenvalue weighted by Gasteiger charge is -2.20. The van der Waals surface area contributed by atoms with Gasteiger partial charge in [-0.15, -0.1) is 0 Å². The third kappa shape index (κ3) is 6.15.